The van der Waals surface area contributed by atoms with Crippen molar-refractivity contribution in [1.82, 2.24) is 10.6 Å². The number of hydrogen-bond acceptors (Lipinski definition) is 3. The predicted molar refractivity (Wildman–Crippen MR) is 120 cm³/mol. The molecule has 35 heavy (non-hydrogen) atoms. The number of aryl methyl sites for hydroxylation is 1. The summed E-state index contributed by atoms with van der Waals surface area (Å²) in [6.45, 7) is 1.84. The van der Waals surface area contributed by atoms with Crippen LogP contribution in [0, 0.1) is 12.7 Å². The van der Waals surface area contributed by atoms with E-state index in [1.54, 1.807) is 12.1 Å². The van der Waals surface area contributed by atoms with Crippen molar-refractivity contribution in [3.8, 4) is 0 Å². The van der Waals surface area contributed by atoms with E-state index in [9.17, 15) is 31.9 Å². The summed E-state index contributed by atoms with van der Waals surface area (Å²) in [5.41, 5.74) is 0.254. The lowest BCUT2D eigenvalue weighted by Gasteiger charge is -2.19. The second-order valence-corrected chi connectivity index (χ2v) is 8.01. The van der Waals surface area contributed by atoms with Gasteiger partial charge in [-0.05, 0) is 48.4 Å². The lowest BCUT2D eigenvalue weighted by Crippen LogP contribution is -2.21. The van der Waals surface area contributed by atoms with Gasteiger partial charge in [0.05, 0.1) is 11.6 Å². The molecule has 1 aliphatic heterocycles. The Morgan fingerprint density at radius 1 is 0.971 bits per heavy atom. The van der Waals surface area contributed by atoms with Gasteiger partial charge in [-0.25, -0.2) is 4.39 Å². The van der Waals surface area contributed by atoms with E-state index >= 15 is 0 Å². The first-order valence-corrected chi connectivity index (χ1v) is 10.4. The summed E-state index contributed by atoms with van der Waals surface area (Å²) in [6, 6.07) is 10.7. The van der Waals surface area contributed by atoms with Crippen LogP contribution in [0.15, 0.2) is 54.6 Å². The lowest BCUT2D eigenvalue weighted by molar-refractivity contribution is -0.137. The zero-order valence-corrected chi connectivity index (χ0v) is 18.5. The van der Waals surface area contributed by atoms with Crippen LogP contribution in [0.4, 0.5) is 23.2 Å². The lowest BCUT2D eigenvalue weighted by atomic mass is 9.92. The molecule has 3 aromatic carbocycles. The Hall–Kier alpha value is -4.21. The first-order chi connectivity index (χ1) is 16.5. The molecule has 0 spiro atoms. The van der Waals surface area contributed by atoms with Crippen LogP contribution in [0.2, 0.25) is 0 Å². The van der Waals surface area contributed by atoms with E-state index < -0.39 is 46.9 Å². The van der Waals surface area contributed by atoms with Gasteiger partial charge in [-0.15, -0.1) is 0 Å². The van der Waals surface area contributed by atoms with E-state index in [4.69, 9.17) is 0 Å². The monoisotopic (exact) mass is 485 g/mol. The van der Waals surface area contributed by atoms with Gasteiger partial charge >= 0.3 is 6.18 Å². The Kier molecular flexibility index (Phi) is 6.06. The van der Waals surface area contributed by atoms with Gasteiger partial charge in [-0.2, -0.15) is 13.2 Å². The summed E-state index contributed by atoms with van der Waals surface area (Å²) < 4.78 is 53.3. The summed E-state index contributed by atoms with van der Waals surface area (Å²) in [7, 11) is 1.38. The van der Waals surface area contributed by atoms with Gasteiger partial charge in [0.2, 0.25) is 0 Å². The summed E-state index contributed by atoms with van der Waals surface area (Å²) in [4.78, 5) is 38.0. The maximum absolute atomic E-state index is 13.9. The predicted octanol–water partition coefficient (Wildman–Crippen LogP) is 4.60. The first kappa shape index (κ1) is 23.9. The van der Waals surface area contributed by atoms with Crippen molar-refractivity contribution in [2.75, 3.05) is 12.4 Å². The number of nitrogens with one attached hydrogen (secondary N) is 3. The van der Waals surface area contributed by atoms with Crippen molar-refractivity contribution in [2.45, 2.75) is 19.1 Å². The van der Waals surface area contributed by atoms with Crippen LogP contribution in [0.1, 0.15) is 59.4 Å². The maximum Gasteiger partial charge on any atom is 0.416 e. The van der Waals surface area contributed by atoms with Crippen molar-refractivity contribution in [3.05, 3.63) is 99.4 Å². The van der Waals surface area contributed by atoms with Crippen molar-refractivity contribution >= 4 is 23.4 Å². The van der Waals surface area contributed by atoms with E-state index in [-0.39, 0.29) is 22.9 Å². The quantitative estimate of drug-likeness (QED) is 0.472. The van der Waals surface area contributed by atoms with Crippen LogP contribution in [0.3, 0.4) is 0 Å². The molecule has 0 aromatic heterocycles. The average molecular weight is 485 g/mol. The average Bonchev–Trinajstić information content (AvgIpc) is 3.14. The number of hydrogen-bond donors (Lipinski definition) is 3. The molecular weight excluding hydrogens is 466 g/mol. The van der Waals surface area contributed by atoms with Gasteiger partial charge in [-0.1, -0.05) is 24.3 Å². The minimum absolute atomic E-state index is 0.0375. The van der Waals surface area contributed by atoms with Gasteiger partial charge in [-0.3, -0.25) is 14.4 Å². The fraction of sp³-hybridized carbons (Fsp3) is 0.160. The van der Waals surface area contributed by atoms with Crippen LogP contribution >= 0.6 is 0 Å². The summed E-state index contributed by atoms with van der Waals surface area (Å²) in [5.74, 6) is -3.29. The highest BCUT2D eigenvalue weighted by Gasteiger charge is 2.35. The molecule has 0 bridgehead atoms. The van der Waals surface area contributed by atoms with Crippen LogP contribution in [0.25, 0.3) is 0 Å². The highest BCUT2D eigenvalue weighted by Crippen LogP contribution is 2.39. The van der Waals surface area contributed by atoms with Gasteiger partial charge in [0.1, 0.15) is 5.82 Å². The summed E-state index contributed by atoms with van der Waals surface area (Å²) >= 11 is 0. The highest BCUT2D eigenvalue weighted by molar-refractivity contribution is 6.10. The third-order valence-electron chi connectivity index (χ3n) is 5.71. The first-order valence-electron chi connectivity index (χ1n) is 10.4. The largest absolute Gasteiger partial charge is 0.416 e. The Morgan fingerprint density at radius 2 is 1.66 bits per heavy atom. The Labute approximate surface area is 197 Å². The van der Waals surface area contributed by atoms with E-state index in [1.165, 1.54) is 19.2 Å². The molecule has 10 heteroatoms. The van der Waals surface area contributed by atoms with Crippen LogP contribution in [-0.4, -0.2) is 24.8 Å². The number of carbonyl (C=O) groups is 3. The zero-order chi connectivity index (χ0) is 25.5. The fourth-order valence-electron chi connectivity index (χ4n) is 4.03. The number of fused-ring (bicyclic) bond motifs is 1. The smallest absolute Gasteiger partial charge is 0.355 e. The van der Waals surface area contributed by atoms with Crippen molar-refractivity contribution < 1.29 is 31.9 Å². The molecule has 6 nitrogen and oxygen atoms in total. The van der Waals surface area contributed by atoms with E-state index in [0.29, 0.717) is 17.7 Å². The van der Waals surface area contributed by atoms with Crippen LogP contribution < -0.4 is 16.0 Å². The minimum atomic E-state index is -4.86. The van der Waals surface area contributed by atoms with Gasteiger partial charge in [0.15, 0.2) is 0 Å². The standard InChI is InChI=1S/C25H19F4N3O3/c1-12-5-3-4-6-17(12)21-20-18(24(35)32-21)9-14(22(33)30-2)10-19(20)31-23(34)13-7-15(25(27,28)29)11-16(26)8-13/h3-11,21H,1-2H3,(H,30,33)(H,31,34)(H,32,35). The molecule has 4 rings (SSSR count). The second kappa shape index (κ2) is 8.86. The number of benzene rings is 3. The fourth-order valence-corrected chi connectivity index (χ4v) is 4.03. The topological polar surface area (TPSA) is 87.3 Å². The molecule has 0 fully saturated rings. The molecule has 0 aliphatic carbocycles. The molecule has 1 unspecified atom stereocenters. The number of halogens is 4. The molecule has 180 valence electrons. The molecule has 3 aromatic rings. The maximum atomic E-state index is 13.9. The van der Waals surface area contributed by atoms with E-state index in [1.807, 2.05) is 19.1 Å². The molecule has 0 saturated carbocycles. The molecule has 0 saturated heterocycles. The minimum Gasteiger partial charge on any atom is -0.355 e. The number of rotatable bonds is 4. The Bertz CT molecular complexity index is 1370. The highest BCUT2D eigenvalue weighted by atomic mass is 19.4. The molecule has 3 amide bonds. The molecule has 1 heterocycles. The third-order valence-corrected chi connectivity index (χ3v) is 5.71. The third kappa shape index (κ3) is 4.59. The molecule has 1 aliphatic rings. The number of carbonyl (C=O) groups excluding carboxylic acids is 3. The van der Waals surface area contributed by atoms with Gasteiger partial charge < -0.3 is 16.0 Å². The van der Waals surface area contributed by atoms with Crippen LogP contribution in [-0.2, 0) is 6.18 Å². The summed E-state index contributed by atoms with van der Waals surface area (Å²) in [5, 5.41) is 7.72. The Morgan fingerprint density at radius 3 is 2.31 bits per heavy atom. The Balaban J connectivity index is 1.84. The van der Waals surface area contributed by atoms with E-state index in [0.717, 1.165) is 11.1 Å². The van der Waals surface area contributed by atoms with Gasteiger partial charge in [0.25, 0.3) is 17.7 Å². The van der Waals surface area contributed by atoms with Crippen molar-refractivity contribution in [2.24, 2.45) is 0 Å². The molecule has 1 atom stereocenters. The van der Waals surface area contributed by atoms with Crippen LogP contribution in [0.5, 0.6) is 0 Å². The molecule has 3 N–H and O–H groups in total. The zero-order valence-electron chi connectivity index (χ0n) is 18.5. The van der Waals surface area contributed by atoms with Crippen molar-refractivity contribution in [1.29, 1.82) is 0 Å². The molecular formula is C25H19F4N3O3. The number of anilines is 1. The summed E-state index contributed by atoms with van der Waals surface area (Å²) in [6.07, 6.45) is -4.86. The van der Waals surface area contributed by atoms with Crippen molar-refractivity contribution in [3.63, 3.8) is 0 Å². The SMILES string of the molecule is CNC(=O)c1cc(NC(=O)c2cc(F)cc(C(F)(F)F)c2)c2c(c1)C(=O)NC2c1ccccc1C. The normalized spacial score (nSPS) is 14.8. The van der Waals surface area contributed by atoms with E-state index in [2.05, 4.69) is 16.0 Å². The van der Waals surface area contributed by atoms with Gasteiger partial charge in [0, 0.05) is 35.0 Å². The second-order valence-electron chi connectivity index (χ2n) is 8.01. The molecule has 0 radical (unpaired) electrons. The number of amides is 3. The number of alkyl halides is 3.